The van der Waals surface area contributed by atoms with Gasteiger partial charge in [-0.25, -0.2) is 0 Å². The van der Waals surface area contributed by atoms with E-state index in [-0.39, 0.29) is 5.84 Å². The minimum Gasteiger partial charge on any atom is -0.409 e. The van der Waals surface area contributed by atoms with E-state index in [2.05, 4.69) is 46.2 Å². The monoisotopic (exact) mass is 264 g/mol. The number of aromatic nitrogens is 2. The Hall–Kier alpha value is -1.89. The minimum absolute atomic E-state index is 0.0610. The van der Waals surface area contributed by atoms with Gasteiger partial charge in [0.2, 0.25) is 0 Å². The van der Waals surface area contributed by atoms with Crippen molar-refractivity contribution in [2.24, 2.45) is 16.8 Å². The molecular weight excluding hydrogens is 244 g/mol. The fourth-order valence-electron chi connectivity index (χ4n) is 2.61. The topological polar surface area (TPSA) is 90.9 Å². The van der Waals surface area contributed by atoms with Gasteiger partial charge < -0.3 is 20.7 Å². The molecule has 0 radical (unpaired) electrons. The zero-order chi connectivity index (χ0) is 14.0. The summed E-state index contributed by atoms with van der Waals surface area (Å²) < 4.78 is 0. The van der Waals surface area contributed by atoms with Crippen LogP contribution in [0.4, 0.5) is 5.82 Å². The summed E-state index contributed by atoms with van der Waals surface area (Å²) in [5.41, 5.74) is 6.30. The summed E-state index contributed by atoms with van der Waals surface area (Å²) in [5.74, 6) is 1.26. The molecule has 7 nitrogen and oxygen atoms in total. The molecule has 2 atom stereocenters. The van der Waals surface area contributed by atoms with Crippen LogP contribution < -0.4 is 10.6 Å². The maximum absolute atomic E-state index is 8.84. The van der Waals surface area contributed by atoms with Gasteiger partial charge in [-0.15, -0.1) is 5.10 Å². The van der Waals surface area contributed by atoms with Crippen molar-refractivity contribution in [3.63, 3.8) is 0 Å². The molecule has 2 rings (SSSR count). The minimum atomic E-state index is 0.0610. The van der Waals surface area contributed by atoms with E-state index >= 15 is 0 Å². The van der Waals surface area contributed by atoms with Crippen LogP contribution >= 0.6 is 0 Å². The lowest BCUT2D eigenvalue weighted by molar-refractivity contribution is 0.266. The Bertz CT molecular complexity index is 475. The molecule has 0 saturated carbocycles. The van der Waals surface area contributed by atoms with Crippen LogP contribution in [0, 0.1) is 5.92 Å². The highest BCUT2D eigenvalue weighted by Crippen LogP contribution is 2.26. The van der Waals surface area contributed by atoms with Crippen molar-refractivity contribution >= 4 is 11.7 Å². The van der Waals surface area contributed by atoms with Gasteiger partial charge in [0.25, 0.3) is 0 Å². The summed E-state index contributed by atoms with van der Waals surface area (Å²) in [5, 5.41) is 19.9. The summed E-state index contributed by atoms with van der Waals surface area (Å²) in [7, 11) is 4.15. The molecule has 1 aliphatic rings. The van der Waals surface area contributed by atoms with Crippen LogP contribution in [0.2, 0.25) is 0 Å². The number of hydrogen-bond donors (Lipinski definition) is 2. The first-order chi connectivity index (χ1) is 9.04. The van der Waals surface area contributed by atoms with Crippen LogP contribution in [0.3, 0.4) is 0 Å². The molecule has 1 aliphatic heterocycles. The third-order valence-corrected chi connectivity index (χ3v) is 3.62. The SMILES string of the molecule is CC1CN(c2nnccc2/C(N)=N/O)CC1N(C)C. The number of nitrogens with zero attached hydrogens (tertiary/aromatic N) is 5. The highest BCUT2D eigenvalue weighted by atomic mass is 16.4. The van der Waals surface area contributed by atoms with Crippen molar-refractivity contribution in [1.29, 1.82) is 0 Å². The zero-order valence-electron chi connectivity index (χ0n) is 11.5. The van der Waals surface area contributed by atoms with E-state index in [1.54, 1.807) is 12.3 Å². The predicted octanol–water partition coefficient (Wildman–Crippen LogP) is -0.0426. The normalized spacial score (nSPS) is 24.2. The molecule has 19 heavy (non-hydrogen) atoms. The first kappa shape index (κ1) is 13.5. The molecule has 1 aromatic rings. The molecule has 1 fully saturated rings. The standard InChI is InChI=1S/C12H20N6O/c1-8-6-18(7-10(8)17(2)3)12-9(11(13)16-19)4-5-14-15-12/h4-5,8,10,19H,6-7H2,1-3H3,(H2,13,16). The number of oxime groups is 1. The smallest absolute Gasteiger partial charge is 0.173 e. The third-order valence-electron chi connectivity index (χ3n) is 3.62. The van der Waals surface area contributed by atoms with E-state index in [9.17, 15) is 0 Å². The van der Waals surface area contributed by atoms with Crippen LogP contribution in [0.25, 0.3) is 0 Å². The highest BCUT2D eigenvalue weighted by Gasteiger charge is 2.33. The molecular formula is C12H20N6O. The Morgan fingerprint density at radius 1 is 1.53 bits per heavy atom. The average molecular weight is 264 g/mol. The molecule has 1 saturated heterocycles. The van der Waals surface area contributed by atoms with Crippen LogP contribution in [-0.4, -0.2) is 59.4 Å². The Morgan fingerprint density at radius 2 is 2.26 bits per heavy atom. The molecule has 0 amide bonds. The maximum Gasteiger partial charge on any atom is 0.173 e. The summed E-state index contributed by atoms with van der Waals surface area (Å²) in [6.45, 7) is 3.95. The maximum atomic E-state index is 8.84. The molecule has 0 aliphatic carbocycles. The number of hydrogen-bond acceptors (Lipinski definition) is 6. The van der Waals surface area contributed by atoms with Gasteiger partial charge in [-0.05, 0) is 26.1 Å². The number of rotatable bonds is 3. The van der Waals surface area contributed by atoms with E-state index in [1.165, 1.54) is 0 Å². The Morgan fingerprint density at radius 3 is 2.84 bits per heavy atom. The Kier molecular flexibility index (Phi) is 3.84. The number of amidine groups is 1. The van der Waals surface area contributed by atoms with Crippen molar-refractivity contribution < 1.29 is 5.21 Å². The summed E-state index contributed by atoms with van der Waals surface area (Å²) in [6, 6.07) is 2.17. The van der Waals surface area contributed by atoms with Crippen LogP contribution in [0.15, 0.2) is 17.4 Å². The van der Waals surface area contributed by atoms with Crippen LogP contribution in [0.5, 0.6) is 0 Å². The van der Waals surface area contributed by atoms with Crippen molar-refractivity contribution in [2.75, 3.05) is 32.1 Å². The van der Waals surface area contributed by atoms with Gasteiger partial charge in [0.1, 0.15) is 0 Å². The number of likely N-dealkylation sites (N-methyl/N-ethyl adjacent to an activating group) is 1. The molecule has 3 N–H and O–H groups in total. The zero-order valence-corrected chi connectivity index (χ0v) is 11.5. The molecule has 2 heterocycles. The van der Waals surface area contributed by atoms with Crippen molar-refractivity contribution in [1.82, 2.24) is 15.1 Å². The second kappa shape index (κ2) is 5.40. The van der Waals surface area contributed by atoms with Crippen molar-refractivity contribution in [3.05, 3.63) is 17.8 Å². The predicted molar refractivity (Wildman–Crippen MR) is 73.4 cm³/mol. The Labute approximate surface area is 112 Å². The molecule has 0 spiro atoms. The number of nitrogens with two attached hydrogens (primary N) is 1. The lowest BCUT2D eigenvalue weighted by atomic mass is 10.1. The van der Waals surface area contributed by atoms with Crippen LogP contribution in [-0.2, 0) is 0 Å². The first-order valence-electron chi connectivity index (χ1n) is 6.25. The van der Waals surface area contributed by atoms with E-state index in [4.69, 9.17) is 10.9 Å². The van der Waals surface area contributed by atoms with Gasteiger partial charge >= 0.3 is 0 Å². The summed E-state index contributed by atoms with van der Waals surface area (Å²) in [4.78, 5) is 4.35. The third kappa shape index (κ3) is 2.60. The van der Waals surface area contributed by atoms with E-state index in [0.717, 1.165) is 13.1 Å². The lowest BCUT2D eigenvalue weighted by Gasteiger charge is -2.23. The van der Waals surface area contributed by atoms with Gasteiger partial charge in [0.05, 0.1) is 11.8 Å². The van der Waals surface area contributed by atoms with E-state index in [0.29, 0.717) is 23.3 Å². The number of anilines is 1. The van der Waals surface area contributed by atoms with Gasteiger partial charge in [0, 0.05) is 19.1 Å². The van der Waals surface area contributed by atoms with E-state index in [1.807, 2.05) is 0 Å². The fourth-order valence-corrected chi connectivity index (χ4v) is 2.61. The molecule has 0 aromatic carbocycles. The molecule has 1 aromatic heterocycles. The van der Waals surface area contributed by atoms with Crippen LogP contribution in [0.1, 0.15) is 12.5 Å². The largest absolute Gasteiger partial charge is 0.409 e. The second-order valence-electron chi connectivity index (χ2n) is 5.17. The molecule has 104 valence electrons. The van der Waals surface area contributed by atoms with Gasteiger partial charge in [-0.3, -0.25) is 0 Å². The van der Waals surface area contributed by atoms with Gasteiger partial charge in [-0.2, -0.15) is 5.10 Å². The van der Waals surface area contributed by atoms with Gasteiger partial charge in [0.15, 0.2) is 11.7 Å². The summed E-state index contributed by atoms with van der Waals surface area (Å²) in [6.07, 6.45) is 1.54. The molecule has 2 unspecified atom stereocenters. The average Bonchev–Trinajstić information content (AvgIpc) is 2.80. The van der Waals surface area contributed by atoms with Crippen molar-refractivity contribution in [3.8, 4) is 0 Å². The molecule has 0 bridgehead atoms. The Balaban J connectivity index is 2.29. The lowest BCUT2D eigenvalue weighted by Crippen LogP contribution is -2.34. The molecule has 7 heteroatoms. The summed E-state index contributed by atoms with van der Waals surface area (Å²) >= 11 is 0. The highest BCUT2D eigenvalue weighted by molar-refractivity contribution is 6.01. The fraction of sp³-hybridized carbons (Fsp3) is 0.583. The van der Waals surface area contributed by atoms with Crippen molar-refractivity contribution in [2.45, 2.75) is 13.0 Å². The first-order valence-corrected chi connectivity index (χ1v) is 6.25. The second-order valence-corrected chi connectivity index (χ2v) is 5.17. The van der Waals surface area contributed by atoms with E-state index < -0.39 is 0 Å². The quantitative estimate of drug-likeness (QED) is 0.344. The van der Waals surface area contributed by atoms with Gasteiger partial charge in [-0.1, -0.05) is 12.1 Å².